The van der Waals surface area contributed by atoms with Crippen molar-refractivity contribution in [2.24, 2.45) is 13.0 Å². The van der Waals surface area contributed by atoms with E-state index in [9.17, 15) is 4.79 Å². The van der Waals surface area contributed by atoms with Crippen LogP contribution in [0.25, 0.3) is 10.9 Å². The van der Waals surface area contributed by atoms with Gasteiger partial charge in [-0.3, -0.25) is 4.79 Å². The monoisotopic (exact) mass is 324 g/mol. The highest BCUT2D eigenvalue weighted by Gasteiger charge is 2.45. The van der Waals surface area contributed by atoms with E-state index in [4.69, 9.17) is 0 Å². The van der Waals surface area contributed by atoms with Gasteiger partial charge >= 0.3 is 0 Å². The Morgan fingerprint density at radius 3 is 2.79 bits per heavy atom. The molecule has 3 aliphatic rings. The molecule has 24 heavy (non-hydrogen) atoms. The molecule has 1 aliphatic carbocycles. The first-order valence-corrected chi connectivity index (χ1v) is 9.43. The van der Waals surface area contributed by atoms with E-state index in [0.29, 0.717) is 24.4 Å². The van der Waals surface area contributed by atoms with Crippen LogP contribution in [0.4, 0.5) is 0 Å². The number of fused-ring (bicyclic) bond motifs is 3. The van der Waals surface area contributed by atoms with Crippen molar-refractivity contribution in [1.82, 2.24) is 9.47 Å². The summed E-state index contributed by atoms with van der Waals surface area (Å²) in [7, 11) is 2.10. The molecule has 128 valence electrons. The van der Waals surface area contributed by atoms with Gasteiger partial charge in [0.15, 0.2) is 0 Å². The van der Waals surface area contributed by atoms with E-state index in [-0.39, 0.29) is 0 Å². The Kier molecular flexibility index (Phi) is 3.90. The molecule has 1 saturated carbocycles. The van der Waals surface area contributed by atoms with E-state index >= 15 is 0 Å². The lowest BCUT2D eigenvalue weighted by Gasteiger charge is -2.53. The number of hydrogen-bond acceptors (Lipinski definition) is 1. The Hall–Kier alpha value is -1.77. The summed E-state index contributed by atoms with van der Waals surface area (Å²) in [5.74, 6) is 1.26. The lowest BCUT2D eigenvalue weighted by molar-refractivity contribution is -0.146. The lowest BCUT2D eigenvalue weighted by Crippen LogP contribution is -2.58. The molecule has 0 N–H and O–H groups in total. The third-order valence-corrected chi connectivity index (χ3v) is 6.27. The molecule has 0 spiro atoms. The van der Waals surface area contributed by atoms with E-state index in [1.165, 1.54) is 41.3 Å². The smallest absolute Gasteiger partial charge is 0.223 e. The molecule has 2 aromatic rings. The normalized spacial score (nSPS) is 25.8. The van der Waals surface area contributed by atoms with Crippen molar-refractivity contribution in [2.45, 2.75) is 64.5 Å². The van der Waals surface area contributed by atoms with Crippen LogP contribution < -0.4 is 0 Å². The first kappa shape index (κ1) is 15.7. The summed E-state index contributed by atoms with van der Waals surface area (Å²) in [6, 6.07) is 7.47. The highest BCUT2D eigenvalue weighted by molar-refractivity contribution is 5.88. The minimum absolute atomic E-state index is 0.371. The van der Waals surface area contributed by atoms with Gasteiger partial charge in [0.05, 0.1) is 0 Å². The zero-order chi connectivity index (χ0) is 16.8. The van der Waals surface area contributed by atoms with Crippen LogP contribution in [0.15, 0.2) is 24.4 Å². The molecule has 3 fully saturated rings. The van der Waals surface area contributed by atoms with E-state index in [2.05, 4.69) is 54.8 Å². The van der Waals surface area contributed by atoms with Gasteiger partial charge in [0, 0.05) is 42.7 Å². The van der Waals surface area contributed by atoms with Gasteiger partial charge in [-0.15, -0.1) is 0 Å². The lowest BCUT2D eigenvalue weighted by atomic mass is 9.70. The van der Waals surface area contributed by atoms with Gasteiger partial charge < -0.3 is 9.47 Å². The maximum absolute atomic E-state index is 12.9. The standard InChI is InChI=1S/C21H28N2O/c1-4-17-10-15-11-18(12-15)23(17)20(24)9-8-16-13-22(3)19-7-5-6-14(2)21(16)19/h5-7,13,15,17-18H,4,8-12H2,1-3H3. The highest BCUT2D eigenvalue weighted by Crippen LogP contribution is 2.43. The molecule has 1 aromatic carbocycles. The van der Waals surface area contributed by atoms with Crippen molar-refractivity contribution in [3.05, 3.63) is 35.5 Å². The van der Waals surface area contributed by atoms with Crippen molar-refractivity contribution in [2.75, 3.05) is 0 Å². The van der Waals surface area contributed by atoms with Crippen LogP contribution in [0, 0.1) is 12.8 Å². The van der Waals surface area contributed by atoms with Crippen LogP contribution in [0.5, 0.6) is 0 Å². The van der Waals surface area contributed by atoms with Crippen LogP contribution in [0.2, 0.25) is 0 Å². The molecular weight excluding hydrogens is 296 g/mol. The summed E-state index contributed by atoms with van der Waals surface area (Å²) in [5, 5.41) is 1.34. The molecule has 1 aromatic heterocycles. The fourth-order valence-corrected chi connectivity index (χ4v) is 4.98. The molecule has 2 saturated heterocycles. The third kappa shape index (κ3) is 2.45. The molecule has 2 aliphatic heterocycles. The third-order valence-electron chi connectivity index (χ3n) is 6.27. The van der Waals surface area contributed by atoms with Gasteiger partial charge in [-0.25, -0.2) is 0 Å². The zero-order valence-corrected chi connectivity index (χ0v) is 15.1. The van der Waals surface area contributed by atoms with Crippen molar-refractivity contribution >= 4 is 16.8 Å². The van der Waals surface area contributed by atoms with Gasteiger partial charge in [0.2, 0.25) is 5.91 Å². The summed E-state index contributed by atoms with van der Waals surface area (Å²) in [6.45, 7) is 4.39. The maximum atomic E-state index is 12.9. The minimum Gasteiger partial charge on any atom is -0.350 e. The predicted molar refractivity (Wildman–Crippen MR) is 98.0 cm³/mol. The number of nitrogens with zero attached hydrogens (tertiary/aromatic N) is 2. The van der Waals surface area contributed by atoms with Gasteiger partial charge in [0.1, 0.15) is 0 Å². The predicted octanol–water partition coefficient (Wildman–Crippen LogP) is 4.21. The summed E-state index contributed by atoms with van der Waals surface area (Å²) >= 11 is 0. The van der Waals surface area contributed by atoms with Crippen molar-refractivity contribution in [1.29, 1.82) is 0 Å². The second-order valence-electron chi connectivity index (χ2n) is 7.82. The Balaban J connectivity index is 1.52. The molecule has 1 atom stereocenters. The van der Waals surface area contributed by atoms with Gasteiger partial charge in [0.25, 0.3) is 0 Å². The Labute approximate surface area is 144 Å². The summed E-state index contributed by atoms with van der Waals surface area (Å²) < 4.78 is 2.19. The number of hydrogen-bond donors (Lipinski definition) is 0. The van der Waals surface area contributed by atoms with Crippen LogP contribution in [-0.4, -0.2) is 27.5 Å². The first-order chi connectivity index (χ1) is 11.6. The Bertz CT molecular complexity index is 769. The number of carbonyl (C=O) groups is 1. The highest BCUT2D eigenvalue weighted by atomic mass is 16.2. The van der Waals surface area contributed by atoms with E-state index < -0.39 is 0 Å². The SMILES string of the molecule is CCC1CC2CC(C2)N1C(=O)CCc1cn(C)c2cccc(C)c12. The first-order valence-electron chi connectivity index (χ1n) is 9.43. The summed E-state index contributed by atoms with van der Waals surface area (Å²) in [5.41, 5.74) is 3.89. The number of amides is 1. The topological polar surface area (TPSA) is 25.2 Å². The fourth-order valence-electron chi connectivity index (χ4n) is 4.98. The van der Waals surface area contributed by atoms with Crippen molar-refractivity contribution in [3.8, 4) is 0 Å². The van der Waals surface area contributed by atoms with Crippen LogP contribution in [-0.2, 0) is 18.3 Å². The molecule has 1 unspecified atom stereocenters. The maximum Gasteiger partial charge on any atom is 0.223 e. The second kappa shape index (κ2) is 5.94. The van der Waals surface area contributed by atoms with E-state index in [1.54, 1.807) is 0 Å². The molecule has 0 radical (unpaired) electrons. The number of aromatic nitrogens is 1. The summed E-state index contributed by atoms with van der Waals surface area (Å²) in [4.78, 5) is 15.2. The molecular formula is C21H28N2O. The number of aryl methyl sites for hydroxylation is 3. The average molecular weight is 324 g/mol. The minimum atomic E-state index is 0.371. The number of rotatable bonds is 4. The molecule has 3 nitrogen and oxygen atoms in total. The average Bonchev–Trinajstić information content (AvgIpc) is 2.89. The quantitative estimate of drug-likeness (QED) is 0.827. The Morgan fingerprint density at radius 1 is 1.25 bits per heavy atom. The van der Waals surface area contributed by atoms with Gasteiger partial charge in [-0.2, -0.15) is 0 Å². The molecule has 3 heteroatoms. The number of piperidine rings is 2. The molecule has 3 heterocycles. The van der Waals surface area contributed by atoms with Crippen LogP contribution in [0.3, 0.4) is 0 Å². The van der Waals surface area contributed by atoms with Gasteiger partial charge in [-0.05, 0) is 62.1 Å². The van der Waals surface area contributed by atoms with Gasteiger partial charge in [-0.1, -0.05) is 19.1 Å². The summed E-state index contributed by atoms with van der Waals surface area (Å²) in [6.07, 6.45) is 8.52. The largest absolute Gasteiger partial charge is 0.350 e. The second-order valence-corrected chi connectivity index (χ2v) is 7.82. The number of benzene rings is 1. The number of carbonyl (C=O) groups excluding carboxylic acids is 1. The zero-order valence-electron chi connectivity index (χ0n) is 15.1. The fraction of sp³-hybridized carbons (Fsp3) is 0.571. The van der Waals surface area contributed by atoms with Crippen molar-refractivity contribution < 1.29 is 4.79 Å². The van der Waals surface area contributed by atoms with E-state index in [0.717, 1.165) is 18.8 Å². The molecule has 5 rings (SSSR count). The Morgan fingerprint density at radius 2 is 2.04 bits per heavy atom. The van der Waals surface area contributed by atoms with Crippen molar-refractivity contribution in [3.63, 3.8) is 0 Å². The molecule has 1 amide bonds. The van der Waals surface area contributed by atoms with Crippen LogP contribution in [0.1, 0.15) is 50.2 Å². The van der Waals surface area contributed by atoms with E-state index in [1.807, 2.05) is 0 Å². The molecule has 2 bridgehead atoms. The van der Waals surface area contributed by atoms with Crippen LogP contribution >= 0.6 is 0 Å².